The van der Waals surface area contributed by atoms with Gasteiger partial charge in [-0.05, 0) is 52.7 Å². The summed E-state index contributed by atoms with van der Waals surface area (Å²) < 4.78 is 19.1. The summed E-state index contributed by atoms with van der Waals surface area (Å²) in [4.78, 5) is 0. The van der Waals surface area contributed by atoms with Crippen molar-refractivity contribution >= 4 is 15.9 Å². The van der Waals surface area contributed by atoms with Crippen molar-refractivity contribution in [2.45, 2.75) is 19.5 Å². The van der Waals surface area contributed by atoms with Crippen LogP contribution in [-0.2, 0) is 6.54 Å². The molecule has 0 radical (unpaired) electrons. The Bertz CT molecular complexity index is 498. The van der Waals surface area contributed by atoms with Gasteiger partial charge in [-0.1, -0.05) is 12.1 Å². The molecule has 1 heterocycles. The first kappa shape index (κ1) is 12.3. The molecule has 2 aromatic rings. The zero-order chi connectivity index (χ0) is 12.3. The maximum atomic E-state index is 13.0. The van der Waals surface area contributed by atoms with Crippen molar-refractivity contribution < 1.29 is 8.81 Å². The van der Waals surface area contributed by atoms with E-state index in [1.165, 1.54) is 12.1 Å². The SMILES string of the molecule is C[C@H](NCc1ccc(Br)o1)c1cccc(F)c1. The van der Waals surface area contributed by atoms with Crippen molar-refractivity contribution in [3.05, 3.63) is 58.2 Å². The van der Waals surface area contributed by atoms with Crippen LogP contribution < -0.4 is 5.32 Å². The van der Waals surface area contributed by atoms with E-state index in [4.69, 9.17) is 4.42 Å². The lowest BCUT2D eigenvalue weighted by atomic mass is 10.1. The highest BCUT2D eigenvalue weighted by Gasteiger charge is 2.07. The molecular formula is C13H13BrFNO. The van der Waals surface area contributed by atoms with Crippen LogP contribution in [0, 0.1) is 5.82 Å². The minimum atomic E-state index is -0.211. The van der Waals surface area contributed by atoms with Gasteiger partial charge in [-0.15, -0.1) is 0 Å². The summed E-state index contributed by atoms with van der Waals surface area (Å²) in [5, 5.41) is 3.27. The van der Waals surface area contributed by atoms with E-state index in [-0.39, 0.29) is 11.9 Å². The molecule has 0 bridgehead atoms. The molecule has 0 fully saturated rings. The summed E-state index contributed by atoms with van der Waals surface area (Å²) in [6.07, 6.45) is 0. The minimum Gasteiger partial charge on any atom is -0.453 e. The monoisotopic (exact) mass is 297 g/mol. The van der Waals surface area contributed by atoms with E-state index in [1.807, 2.05) is 25.1 Å². The molecule has 17 heavy (non-hydrogen) atoms. The first-order valence-corrected chi connectivity index (χ1v) is 6.17. The van der Waals surface area contributed by atoms with Crippen LogP contribution >= 0.6 is 15.9 Å². The zero-order valence-electron chi connectivity index (χ0n) is 9.41. The second-order valence-corrected chi connectivity index (χ2v) is 4.64. The molecule has 0 unspecified atom stereocenters. The lowest BCUT2D eigenvalue weighted by Crippen LogP contribution is -2.17. The Hall–Kier alpha value is -1.13. The summed E-state index contributed by atoms with van der Waals surface area (Å²) in [5.41, 5.74) is 0.927. The van der Waals surface area contributed by atoms with E-state index in [2.05, 4.69) is 21.2 Å². The van der Waals surface area contributed by atoms with Crippen molar-refractivity contribution in [2.75, 3.05) is 0 Å². The highest BCUT2D eigenvalue weighted by Crippen LogP contribution is 2.17. The van der Waals surface area contributed by atoms with Gasteiger partial charge in [0.1, 0.15) is 11.6 Å². The third kappa shape index (κ3) is 3.41. The predicted molar refractivity (Wildman–Crippen MR) is 68.1 cm³/mol. The van der Waals surface area contributed by atoms with Gasteiger partial charge >= 0.3 is 0 Å². The topological polar surface area (TPSA) is 25.2 Å². The Morgan fingerprint density at radius 2 is 2.18 bits per heavy atom. The summed E-state index contributed by atoms with van der Waals surface area (Å²) in [7, 11) is 0. The van der Waals surface area contributed by atoms with Crippen molar-refractivity contribution in [1.82, 2.24) is 5.32 Å². The summed E-state index contributed by atoms with van der Waals surface area (Å²) >= 11 is 3.25. The molecular weight excluding hydrogens is 285 g/mol. The first-order valence-electron chi connectivity index (χ1n) is 5.38. The molecule has 0 saturated heterocycles. The predicted octanol–water partition coefficient (Wildman–Crippen LogP) is 4.03. The van der Waals surface area contributed by atoms with Gasteiger partial charge in [-0.3, -0.25) is 0 Å². The molecule has 0 aliphatic rings. The van der Waals surface area contributed by atoms with Gasteiger partial charge < -0.3 is 9.73 Å². The molecule has 0 saturated carbocycles. The fraction of sp³-hybridized carbons (Fsp3) is 0.231. The van der Waals surface area contributed by atoms with Crippen molar-refractivity contribution in [2.24, 2.45) is 0 Å². The van der Waals surface area contributed by atoms with E-state index in [1.54, 1.807) is 6.07 Å². The van der Waals surface area contributed by atoms with Gasteiger partial charge in [0.25, 0.3) is 0 Å². The number of halogens is 2. The lowest BCUT2D eigenvalue weighted by molar-refractivity contribution is 0.446. The maximum Gasteiger partial charge on any atom is 0.169 e. The Morgan fingerprint density at radius 3 is 2.82 bits per heavy atom. The maximum absolute atomic E-state index is 13.0. The Morgan fingerprint density at radius 1 is 1.35 bits per heavy atom. The smallest absolute Gasteiger partial charge is 0.169 e. The molecule has 2 nitrogen and oxygen atoms in total. The van der Waals surface area contributed by atoms with Crippen LogP contribution in [0.15, 0.2) is 45.5 Å². The Balaban J connectivity index is 1.95. The van der Waals surface area contributed by atoms with E-state index in [9.17, 15) is 4.39 Å². The number of nitrogens with one attached hydrogen (secondary N) is 1. The minimum absolute atomic E-state index is 0.0783. The van der Waals surface area contributed by atoms with Crippen molar-refractivity contribution in [1.29, 1.82) is 0 Å². The zero-order valence-corrected chi connectivity index (χ0v) is 11.0. The molecule has 1 aromatic carbocycles. The van der Waals surface area contributed by atoms with Crippen LogP contribution in [0.5, 0.6) is 0 Å². The number of hydrogen-bond acceptors (Lipinski definition) is 2. The third-order valence-electron chi connectivity index (χ3n) is 2.56. The van der Waals surface area contributed by atoms with Crippen molar-refractivity contribution in [3.8, 4) is 0 Å². The fourth-order valence-corrected chi connectivity index (χ4v) is 1.93. The Kier molecular flexibility index (Phi) is 3.97. The Labute approximate surface area is 108 Å². The number of rotatable bonds is 4. The van der Waals surface area contributed by atoms with Crippen LogP contribution in [0.2, 0.25) is 0 Å². The second kappa shape index (κ2) is 5.47. The van der Waals surface area contributed by atoms with Gasteiger partial charge in [0, 0.05) is 6.04 Å². The van der Waals surface area contributed by atoms with Gasteiger partial charge in [-0.25, -0.2) is 4.39 Å². The summed E-state index contributed by atoms with van der Waals surface area (Å²) in [6.45, 7) is 2.61. The van der Waals surface area contributed by atoms with Crippen LogP contribution in [0.25, 0.3) is 0 Å². The van der Waals surface area contributed by atoms with E-state index >= 15 is 0 Å². The van der Waals surface area contributed by atoms with E-state index in [0.717, 1.165) is 11.3 Å². The number of furan rings is 1. The molecule has 4 heteroatoms. The van der Waals surface area contributed by atoms with Crippen LogP contribution in [-0.4, -0.2) is 0 Å². The average Bonchev–Trinajstić information content (AvgIpc) is 2.72. The molecule has 0 aliphatic heterocycles. The highest BCUT2D eigenvalue weighted by atomic mass is 79.9. The van der Waals surface area contributed by atoms with Gasteiger partial charge in [0.2, 0.25) is 0 Å². The van der Waals surface area contributed by atoms with Crippen LogP contribution in [0.3, 0.4) is 0 Å². The number of hydrogen-bond donors (Lipinski definition) is 1. The molecule has 1 atom stereocenters. The fourth-order valence-electron chi connectivity index (χ4n) is 1.59. The normalized spacial score (nSPS) is 12.6. The molecule has 90 valence electrons. The van der Waals surface area contributed by atoms with Crippen LogP contribution in [0.4, 0.5) is 4.39 Å². The lowest BCUT2D eigenvalue weighted by Gasteiger charge is -2.13. The van der Waals surface area contributed by atoms with Crippen molar-refractivity contribution in [3.63, 3.8) is 0 Å². The molecule has 0 spiro atoms. The highest BCUT2D eigenvalue weighted by molar-refractivity contribution is 9.10. The van der Waals surface area contributed by atoms with Crippen LogP contribution in [0.1, 0.15) is 24.3 Å². The van der Waals surface area contributed by atoms with E-state index in [0.29, 0.717) is 11.2 Å². The second-order valence-electron chi connectivity index (χ2n) is 3.86. The quantitative estimate of drug-likeness (QED) is 0.922. The largest absolute Gasteiger partial charge is 0.453 e. The standard InChI is InChI=1S/C13H13BrFNO/c1-9(10-3-2-4-11(15)7-10)16-8-12-5-6-13(14)17-12/h2-7,9,16H,8H2,1H3/t9-/m0/s1. The number of benzene rings is 1. The summed E-state index contributed by atoms with van der Waals surface area (Å²) in [5.74, 6) is 0.636. The molecule has 1 N–H and O–H groups in total. The molecule has 2 rings (SSSR count). The van der Waals surface area contributed by atoms with E-state index < -0.39 is 0 Å². The van der Waals surface area contributed by atoms with Gasteiger partial charge in [0.15, 0.2) is 4.67 Å². The molecule has 0 amide bonds. The van der Waals surface area contributed by atoms with Gasteiger partial charge in [0.05, 0.1) is 6.54 Å². The third-order valence-corrected chi connectivity index (χ3v) is 2.99. The summed E-state index contributed by atoms with van der Waals surface area (Å²) in [6, 6.07) is 10.4. The average molecular weight is 298 g/mol. The van der Waals surface area contributed by atoms with Gasteiger partial charge in [-0.2, -0.15) is 0 Å². The molecule has 1 aromatic heterocycles. The molecule has 0 aliphatic carbocycles. The first-order chi connectivity index (χ1) is 8.15.